The summed E-state index contributed by atoms with van der Waals surface area (Å²) >= 11 is 11.9. The topological polar surface area (TPSA) is 66.5 Å². The lowest BCUT2D eigenvalue weighted by atomic mass is 10.2. The summed E-state index contributed by atoms with van der Waals surface area (Å²) in [6.45, 7) is -0.216. The Kier molecular flexibility index (Phi) is 5.71. The molecule has 1 amide bonds. The standard InChI is InChI=1S/C14H18Cl2N2O3S/c1-22(20,21)18(10-5-2-3-6-10)9-13(19)17-12-8-4-7-11(15)14(12)16/h4,7-8,10H,2-3,5-6,9H2,1H3,(H,17,19). The SMILES string of the molecule is CS(=O)(=O)N(CC(=O)Nc1cccc(Cl)c1Cl)C1CCCC1. The lowest BCUT2D eigenvalue weighted by molar-refractivity contribution is -0.116. The van der Waals surface area contributed by atoms with Gasteiger partial charge in [-0.05, 0) is 25.0 Å². The van der Waals surface area contributed by atoms with Crippen LogP contribution in [0, 0.1) is 0 Å². The minimum atomic E-state index is -3.44. The van der Waals surface area contributed by atoms with E-state index in [0.29, 0.717) is 10.7 Å². The van der Waals surface area contributed by atoms with Gasteiger partial charge in [-0.2, -0.15) is 4.31 Å². The van der Waals surface area contributed by atoms with Gasteiger partial charge in [0.15, 0.2) is 0 Å². The van der Waals surface area contributed by atoms with E-state index in [-0.39, 0.29) is 17.6 Å². The van der Waals surface area contributed by atoms with Crippen LogP contribution in [0.25, 0.3) is 0 Å². The summed E-state index contributed by atoms with van der Waals surface area (Å²) in [4.78, 5) is 12.2. The van der Waals surface area contributed by atoms with Gasteiger partial charge in [0.1, 0.15) is 0 Å². The Hall–Kier alpha value is -0.820. The second-order valence-electron chi connectivity index (χ2n) is 5.40. The normalized spacial score (nSPS) is 16.2. The molecule has 8 heteroatoms. The van der Waals surface area contributed by atoms with Gasteiger partial charge in [-0.3, -0.25) is 4.79 Å². The van der Waals surface area contributed by atoms with Crippen LogP contribution in [0.5, 0.6) is 0 Å². The molecule has 0 saturated heterocycles. The van der Waals surface area contributed by atoms with Gasteiger partial charge in [-0.15, -0.1) is 0 Å². The maximum Gasteiger partial charge on any atom is 0.239 e. The Morgan fingerprint density at radius 2 is 1.95 bits per heavy atom. The van der Waals surface area contributed by atoms with E-state index in [0.717, 1.165) is 31.9 Å². The van der Waals surface area contributed by atoms with Crippen LogP contribution in [0.4, 0.5) is 5.69 Å². The van der Waals surface area contributed by atoms with E-state index in [9.17, 15) is 13.2 Å². The van der Waals surface area contributed by atoms with Crippen molar-refractivity contribution in [1.82, 2.24) is 4.31 Å². The van der Waals surface area contributed by atoms with Crippen molar-refractivity contribution in [2.45, 2.75) is 31.7 Å². The van der Waals surface area contributed by atoms with Crippen LogP contribution < -0.4 is 5.32 Å². The first-order valence-corrected chi connectivity index (χ1v) is 9.60. The van der Waals surface area contributed by atoms with Crippen molar-refractivity contribution in [3.8, 4) is 0 Å². The van der Waals surface area contributed by atoms with Crippen LogP contribution >= 0.6 is 23.2 Å². The quantitative estimate of drug-likeness (QED) is 0.872. The fraction of sp³-hybridized carbons (Fsp3) is 0.500. The molecule has 2 rings (SSSR count). The van der Waals surface area contributed by atoms with Crippen molar-refractivity contribution in [2.24, 2.45) is 0 Å². The van der Waals surface area contributed by atoms with E-state index < -0.39 is 15.9 Å². The molecule has 1 aromatic rings. The molecule has 5 nitrogen and oxygen atoms in total. The minimum absolute atomic E-state index is 0.101. The molecule has 0 atom stereocenters. The second kappa shape index (κ2) is 7.17. The molecule has 0 spiro atoms. The molecule has 122 valence electrons. The maximum atomic E-state index is 12.2. The lowest BCUT2D eigenvalue weighted by Gasteiger charge is -2.25. The number of halogens is 2. The van der Waals surface area contributed by atoms with E-state index in [1.165, 1.54) is 4.31 Å². The molecule has 1 saturated carbocycles. The number of nitrogens with one attached hydrogen (secondary N) is 1. The highest BCUT2D eigenvalue weighted by atomic mass is 35.5. The van der Waals surface area contributed by atoms with E-state index in [2.05, 4.69) is 5.32 Å². The zero-order valence-corrected chi connectivity index (χ0v) is 14.5. The second-order valence-corrected chi connectivity index (χ2v) is 8.12. The van der Waals surface area contributed by atoms with Crippen molar-refractivity contribution < 1.29 is 13.2 Å². The molecule has 22 heavy (non-hydrogen) atoms. The summed E-state index contributed by atoms with van der Waals surface area (Å²) in [5.74, 6) is -0.429. The molecule has 0 aliphatic heterocycles. The predicted octanol–water partition coefficient (Wildman–Crippen LogP) is 3.14. The average molecular weight is 365 g/mol. The Morgan fingerprint density at radius 1 is 1.32 bits per heavy atom. The van der Waals surface area contributed by atoms with Gasteiger partial charge in [-0.25, -0.2) is 8.42 Å². The number of hydrogen-bond acceptors (Lipinski definition) is 3. The Morgan fingerprint density at radius 3 is 2.55 bits per heavy atom. The summed E-state index contributed by atoms with van der Waals surface area (Å²) in [5, 5.41) is 3.18. The molecule has 1 aromatic carbocycles. The van der Waals surface area contributed by atoms with Crippen molar-refractivity contribution in [2.75, 3.05) is 18.1 Å². The van der Waals surface area contributed by atoms with Crippen LogP contribution in [-0.2, 0) is 14.8 Å². The van der Waals surface area contributed by atoms with E-state index in [1.54, 1.807) is 18.2 Å². The molecular weight excluding hydrogens is 347 g/mol. The predicted molar refractivity (Wildman–Crippen MR) is 88.9 cm³/mol. The van der Waals surface area contributed by atoms with Crippen molar-refractivity contribution >= 4 is 44.8 Å². The minimum Gasteiger partial charge on any atom is -0.324 e. The number of benzene rings is 1. The van der Waals surface area contributed by atoms with Gasteiger partial charge in [0.05, 0.1) is 28.5 Å². The lowest BCUT2D eigenvalue weighted by Crippen LogP contribution is -2.43. The van der Waals surface area contributed by atoms with Crippen LogP contribution in [0.1, 0.15) is 25.7 Å². The van der Waals surface area contributed by atoms with E-state index in [4.69, 9.17) is 23.2 Å². The van der Waals surface area contributed by atoms with Gasteiger partial charge >= 0.3 is 0 Å². The molecule has 0 aromatic heterocycles. The number of amides is 1. The molecule has 0 unspecified atom stereocenters. The summed E-state index contributed by atoms with van der Waals surface area (Å²) in [5.41, 5.74) is 0.374. The molecule has 0 heterocycles. The first-order valence-electron chi connectivity index (χ1n) is 6.99. The van der Waals surface area contributed by atoms with E-state index >= 15 is 0 Å². The summed E-state index contributed by atoms with van der Waals surface area (Å²) in [6.07, 6.45) is 4.68. The number of rotatable bonds is 5. The summed E-state index contributed by atoms with van der Waals surface area (Å²) in [7, 11) is -3.44. The fourth-order valence-electron chi connectivity index (χ4n) is 2.64. The molecule has 1 fully saturated rings. The first-order chi connectivity index (χ1) is 10.3. The molecule has 0 bridgehead atoms. The largest absolute Gasteiger partial charge is 0.324 e. The monoisotopic (exact) mass is 364 g/mol. The van der Waals surface area contributed by atoms with Crippen LogP contribution in [0.15, 0.2) is 18.2 Å². The highest BCUT2D eigenvalue weighted by molar-refractivity contribution is 7.88. The highest BCUT2D eigenvalue weighted by Gasteiger charge is 2.31. The Labute approximate surface area is 140 Å². The summed E-state index contributed by atoms with van der Waals surface area (Å²) < 4.78 is 25.1. The number of anilines is 1. The third-order valence-corrected chi connectivity index (χ3v) is 5.78. The molecular formula is C14H18Cl2N2O3S. The van der Waals surface area contributed by atoms with Gasteiger partial charge in [0, 0.05) is 6.04 Å². The highest BCUT2D eigenvalue weighted by Crippen LogP contribution is 2.30. The third-order valence-electron chi connectivity index (χ3n) is 3.68. The zero-order chi connectivity index (χ0) is 16.3. The number of hydrogen-bond donors (Lipinski definition) is 1. The third kappa shape index (κ3) is 4.35. The van der Waals surface area contributed by atoms with Crippen molar-refractivity contribution in [3.63, 3.8) is 0 Å². The van der Waals surface area contributed by atoms with Crippen molar-refractivity contribution in [1.29, 1.82) is 0 Å². The number of sulfonamides is 1. The van der Waals surface area contributed by atoms with Gasteiger partial charge in [-0.1, -0.05) is 42.1 Å². The van der Waals surface area contributed by atoms with Crippen molar-refractivity contribution in [3.05, 3.63) is 28.2 Å². The van der Waals surface area contributed by atoms with E-state index in [1.807, 2.05) is 0 Å². The smallest absolute Gasteiger partial charge is 0.239 e. The number of carbonyl (C=O) groups excluding carboxylic acids is 1. The van der Waals surface area contributed by atoms with Crippen LogP contribution in [0.2, 0.25) is 10.0 Å². The van der Waals surface area contributed by atoms with Gasteiger partial charge in [0.2, 0.25) is 15.9 Å². The number of nitrogens with zero attached hydrogens (tertiary/aromatic N) is 1. The fourth-order valence-corrected chi connectivity index (χ4v) is 4.09. The van der Waals surface area contributed by atoms with Crippen LogP contribution in [0.3, 0.4) is 0 Å². The molecule has 0 radical (unpaired) electrons. The molecule has 1 aliphatic carbocycles. The first kappa shape index (κ1) is 17.5. The van der Waals surface area contributed by atoms with Gasteiger partial charge < -0.3 is 5.32 Å². The summed E-state index contributed by atoms with van der Waals surface area (Å²) in [6, 6.07) is 4.79. The molecule has 1 N–H and O–H groups in total. The zero-order valence-electron chi connectivity index (χ0n) is 12.2. The van der Waals surface area contributed by atoms with Gasteiger partial charge in [0.25, 0.3) is 0 Å². The number of carbonyl (C=O) groups is 1. The molecule has 1 aliphatic rings. The van der Waals surface area contributed by atoms with Crippen LogP contribution in [-0.4, -0.2) is 37.5 Å². The Bertz CT molecular complexity index is 658. The average Bonchev–Trinajstić information content (AvgIpc) is 2.93. The maximum absolute atomic E-state index is 12.2. The Balaban J connectivity index is 2.10.